The summed E-state index contributed by atoms with van der Waals surface area (Å²) in [6, 6.07) is 6.18. The number of carbonyl (C=O) groups is 1. The maximum atomic E-state index is 11.8. The molecule has 22 heavy (non-hydrogen) atoms. The van der Waals surface area contributed by atoms with Gasteiger partial charge in [0.1, 0.15) is 0 Å². The first-order valence-corrected chi connectivity index (χ1v) is 7.44. The number of nitrogens with one attached hydrogen (secondary N) is 2. The monoisotopic (exact) mass is 328 g/mol. The molecular weight excluding hydrogens is 304 g/mol. The zero-order valence-corrected chi connectivity index (χ0v) is 14.0. The lowest BCUT2D eigenvalue weighted by Crippen LogP contribution is -2.32. The normalized spacial score (nSPS) is 16.7. The molecular formula is C16H25ClN2O3. The van der Waals surface area contributed by atoms with Crippen LogP contribution in [-0.2, 0) is 11.2 Å². The Kier molecular flexibility index (Phi) is 8.06. The maximum absolute atomic E-state index is 11.8. The summed E-state index contributed by atoms with van der Waals surface area (Å²) in [6.45, 7) is 1.67. The highest BCUT2D eigenvalue weighted by molar-refractivity contribution is 5.85. The quantitative estimate of drug-likeness (QED) is 0.803. The van der Waals surface area contributed by atoms with Gasteiger partial charge in [0.2, 0.25) is 5.91 Å². The molecule has 1 fully saturated rings. The van der Waals surface area contributed by atoms with Crippen LogP contribution in [0.2, 0.25) is 0 Å². The molecule has 1 saturated heterocycles. The van der Waals surface area contributed by atoms with Crippen molar-refractivity contribution in [2.24, 2.45) is 0 Å². The van der Waals surface area contributed by atoms with Crippen LogP contribution in [-0.4, -0.2) is 39.3 Å². The Labute approximate surface area is 138 Å². The highest BCUT2D eigenvalue weighted by atomic mass is 35.5. The largest absolute Gasteiger partial charge is 0.493 e. The van der Waals surface area contributed by atoms with Crippen LogP contribution in [0, 0.1) is 0 Å². The second kappa shape index (κ2) is 9.54. The lowest BCUT2D eigenvalue weighted by molar-refractivity contribution is -0.121. The van der Waals surface area contributed by atoms with Crippen molar-refractivity contribution in [1.29, 1.82) is 0 Å². The van der Waals surface area contributed by atoms with Gasteiger partial charge in [-0.1, -0.05) is 6.07 Å². The molecule has 0 saturated carbocycles. The van der Waals surface area contributed by atoms with Gasteiger partial charge in [-0.3, -0.25) is 4.79 Å². The summed E-state index contributed by atoms with van der Waals surface area (Å²) in [5.74, 6) is 1.56. The Morgan fingerprint density at radius 2 is 2.09 bits per heavy atom. The summed E-state index contributed by atoms with van der Waals surface area (Å²) in [5.41, 5.74) is 1.12. The fourth-order valence-electron chi connectivity index (χ4n) is 2.61. The van der Waals surface area contributed by atoms with E-state index in [0.29, 0.717) is 19.0 Å². The number of methoxy groups -OCH3 is 2. The molecule has 1 aliphatic heterocycles. The van der Waals surface area contributed by atoms with Crippen LogP contribution < -0.4 is 20.1 Å². The zero-order chi connectivity index (χ0) is 15.1. The second-order valence-electron chi connectivity index (χ2n) is 5.29. The number of carbonyl (C=O) groups excluding carboxylic acids is 1. The highest BCUT2D eigenvalue weighted by Crippen LogP contribution is 2.27. The van der Waals surface area contributed by atoms with E-state index in [1.54, 1.807) is 14.2 Å². The Balaban J connectivity index is 0.00000242. The van der Waals surface area contributed by atoms with E-state index in [1.807, 2.05) is 18.2 Å². The minimum Gasteiger partial charge on any atom is -0.493 e. The van der Waals surface area contributed by atoms with Gasteiger partial charge in [0.15, 0.2) is 11.5 Å². The number of hydrogen-bond acceptors (Lipinski definition) is 4. The van der Waals surface area contributed by atoms with Crippen LogP contribution in [0.1, 0.15) is 24.8 Å². The van der Waals surface area contributed by atoms with Gasteiger partial charge in [-0.05, 0) is 43.5 Å². The van der Waals surface area contributed by atoms with Gasteiger partial charge in [0, 0.05) is 19.0 Å². The van der Waals surface area contributed by atoms with Crippen molar-refractivity contribution in [2.45, 2.75) is 31.7 Å². The minimum atomic E-state index is 0. The van der Waals surface area contributed by atoms with Crippen LogP contribution in [0.5, 0.6) is 11.5 Å². The minimum absolute atomic E-state index is 0. The zero-order valence-electron chi connectivity index (χ0n) is 13.2. The number of halogens is 1. The Morgan fingerprint density at radius 3 is 2.73 bits per heavy atom. The Bertz CT molecular complexity index is 476. The molecule has 6 heteroatoms. The smallest absolute Gasteiger partial charge is 0.221 e. The molecule has 0 bridgehead atoms. The van der Waals surface area contributed by atoms with Gasteiger partial charge in [-0.15, -0.1) is 12.4 Å². The predicted molar refractivity (Wildman–Crippen MR) is 89.1 cm³/mol. The van der Waals surface area contributed by atoms with E-state index in [1.165, 1.54) is 6.42 Å². The van der Waals surface area contributed by atoms with E-state index < -0.39 is 0 Å². The molecule has 1 unspecified atom stereocenters. The van der Waals surface area contributed by atoms with Crippen molar-refractivity contribution in [2.75, 3.05) is 27.3 Å². The van der Waals surface area contributed by atoms with Crippen LogP contribution in [0.15, 0.2) is 18.2 Å². The summed E-state index contributed by atoms with van der Waals surface area (Å²) in [4.78, 5) is 11.8. The number of benzene rings is 1. The van der Waals surface area contributed by atoms with Crippen LogP contribution in [0.4, 0.5) is 0 Å². The Hall–Kier alpha value is -1.46. The number of amides is 1. The molecule has 2 N–H and O–H groups in total. The highest BCUT2D eigenvalue weighted by Gasteiger charge is 2.17. The summed E-state index contributed by atoms with van der Waals surface area (Å²) in [7, 11) is 3.24. The first-order valence-electron chi connectivity index (χ1n) is 7.44. The molecule has 124 valence electrons. The van der Waals surface area contributed by atoms with Crippen molar-refractivity contribution in [3.8, 4) is 11.5 Å². The summed E-state index contributed by atoms with van der Waals surface area (Å²) < 4.78 is 10.5. The topological polar surface area (TPSA) is 59.6 Å². The first kappa shape index (κ1) is 18.6. The standard InChI is InChI=1S/C16H24N2O3.ClH/c1-20-14-6-5-12(10-15(14)21-2)7-9-18-16(19)11-13-4-3-8-17-13;/h5-6,10,13,17H,3-4,7-9,11H2,1-2H3,(H,18,19);1H. The molecule has 5 nitrogen and oxygen atoms in total. The summed E-state index contributed by atoms with van der Waals surface area (Å²) in [5, 5.41) is 6.31. The molecule has 2 rings (SSSR count). The number of ether oxygens (including phenoxy) is 2. The third-order valence-corrected chi connectivity index (χ3v) is 3.78. The van der Waals surface area contributed by atoms with Crippen LogP contribution >= 0.6 is 12.4 Å². The molecule has 1 aliphatic rings. The van der Waals surface area contributed by atoms with Gasteiger partial charge in [-0.2, -0.15) is 0 Å². The molecule has 0 radical (unpaired) electrons. The van der Waals surface area contributed by atoms with Crippen molar-refractivity contribution in [3.63, 3.8) is 0 Å². The molecule has 0 aliphatic carbocycles. The van der Waals surface area contributed by atoms with Gasteiger partial charge >= 0.3 is 0 Å². The summed E-state index contributed by atoms with van der Waals surface area (Å²) in [6.07, 6.45) is 3.63. The number of rotatable bonds is 7. The fraction of sp³-hybridized carbons (Fsp3) is 0.562. The predicted octanol–water partition coefficient (Wildman–Crippen LogP) is 1.93. The third kappa shape index (κ3) is 5.39. The lowest BCUT2D eigenvalue weighted by atomic mass is 10.1. The van der Waals surface area contributed by atoms with E-state index >= 15 is 0 Å². The van der Waals surface area contributed by atoms with Gasteiger partial charge in [0.05, 0.1) is 14.2 Å². The Morgan fingerprint density at radius 1 is 1.32 bits per heavy atom. The average molecular weight is 329 g/mol. The third-order valence-electron chi connectivity index (χ3n) is 3.78. The van der Waals surface area contributed by atoms with E-state index in [2.05, 4.69) is 10.6 Å². The van der Waals surface area contributed by atoms with Crippen molar-refractivity contribution >= 4 is 18.3 Å². The molecule has 1 aromatic rings. The van der Waals surface area contributed by atoms with Crippen molar-refractivity contribution in [3.05, 3.63) is 23.8 Å². The maximum Gasteiger partial charge on any atom is 0.221 e. The number of hydrogen-bond donors (Lipinski definition) is 2. The summed E-state index contributed by atoms with van der Waals surface area (Å²) >= 11 is 0. The molecule has 1 amide bonds. The first-order chi connectivity index (χ1) is 10.2. The van der Waals surface area contributed by atoms with Gasteiger partial charge in [-0.25, -0.2) is 0 Å². The SMILES string of the molecule is COc1ccc(CCNC(=O)CC2CCCN2)cc1OC.Cl. The van der Waals surface area contributed by atoms with E-state index in [0.717, 1.165) is 36.4 Å². The molecule has 1 aromatic carbocycles. The molecule has 0 spiro atoms. The van der Waals surface area contributed by atoms with E-state index in [9.17, 15) is 4.79 Å². The van der Waals surface area contributed by atoms with Crippen molar-refractivity contribution < 1.29 is 14.3 Å². The second-order valence-corrected chi connectivity index (χ2v) is 5.29. The molecule has 0 aromatic heterocycles. The molecule has 1 heterocycles. The fourth-order valence-corrected chi connectivity index (χ4v) is 2.61. The van der Waals surface area contributed by atoms with Crippen molar-refractivity contribution in [1.82, 2.24) is 10.6 Å². The van der Waals surface area contributed by atoms with Crippen LogP contribution in [0.3, 0.4) is 0 Å². The van der Waals surface area contributed by atoms with E-state index in [-0.39, 0.29) is 18.3 Å². The van der Waals surface area contributed by atoms with Gasteiger partial charge < -0.3 is 20.1 Å². The van der Waals surface area contributed by atoms with Crippen LogP contribution in [0.25, 0.3) is 0 Å². The van der Waals surface area contributed by atoms with Gasteiger partial charge in [0.25, 0.3) is 0 Å². The van der Waals surface area contributed by atoms with E-state index in [4.69, 9.17) is 9.47 Å². The average Bonchev–Trinajstić information content (AvgIpc) is 2.99. The lowest BCUT2D eigenvalue weighted by Gasteiger charge is -2.11. The molecule has 1 atom stereocenters.